The van der Waals surface area contributed by atoms with Gasteiger partial charge in [-0.1, -0.05) is 53.8 Å². The zero-order valence-corrected chi connectivity index (χ0v) is 12.6. The van der Waals surface area contributed by atoms with E-state index >= 15 is 0 Å². The predicted octanol–water partition coefficient (Wildman–Crippen LogP) is 2.50. The molecule has 2 heterocycles. The molecule has 23 heavy (non-hydrogen) atoms. The first-order valence-corrected chi connectivity index (χ1v) is 7.75. The molecule has 6 heteroatoms. The first-order chi connectivity index (χ1) is 11.2. The molecule has 0 spiro atoms. The zero-order valence-electron chi connectivity index (χ0n) is 11.8. The van der Waals surface area contributed by atoms with Gasteiger partial charge in [0.25, 0.3) is 5.56 Å². The van der Waals surface area contributed by atoms with Crippen molar-refractivity contribution in [2.75, 3.05) is 0 Å². The van der Waals surface area contributed by atoms with E-state index in [4.69, 9.17) is 0 Å². The number of hydrogen-bond donors (Lipinski definition) is 0. The highest BCUT2D eigenvalue weighted by atomic mass is 32.1. The second-order valence-corrected chi connectivity index (χ2v) is 5.97. The molecule has 0 N–H and O–H groups in total. The molecule has 0 saturated heterocycles. The van der Waals surface area contributed by atoms with Crippen LogP contribution in [0.5, 0.6) is 0 Å². The van der Waals surface area contributed by atoms with Gasteiger partial charge in [-0.05, 0) is 23.8 Å². The van der Waals surface area contributed by atoms with Crippen LogP contribution in [0, 0.1) is 5.82 Å². The number of benzene rings is 2. The highest BCUT2D eigenvalue weighted by Crippen LogP contribution is 2.15. The lowest BCUT2D eigenvalue weighted by Crippen LogP contribution is -2.23. The molecule has 0 unspecified atom stereocenters. The monoisotopic (exact) mass is 323 g/mol. The van der Waals surface area contributed by atoms with Gasteiger partial charge in [0.2, 0.25) is 4.96 Å². The van der Waals surface area contributed by atoms with Crippen molar-refractivity contribution >= 4 is 22.4 Å². The summed E-state index contributed by atoms with van der Waals surface area (Å²) in [6.45, 7) is 0. The smallest absolute Gasteiger partial charge is 0.266 e. The molecule has 0 bridgehead atoms. The van der Waals surface area contributed by atoms with Crippen molar-refractivity contribution in [3.8, 4) is 11.4 Å². The van der Waals surface area contributed by atoms with E-state index in [-0.39, 0.29) is 11.4 Å². The van der Waals surface area contributed by atoms with Crippen molar-refractivity contribution in [1.29, 1.82) is 0 Å². The Bertz CT molecular complexity index is 1080. The summed E-state index contributed by atoms with van der Waals surface area (Å²) in [6, 6.07) is 15.5. The predicted molar refractivity (Wildman–Crippen MR) is 87.8 cm³/mol. The number of halogens is 1. The SMILES string of the molecule is O=c1/c(=C/c2ccc(F)cc2)sc2nc(-c3ccccc3)nn12. The maximum absolute atomic E-state index is 12.9. The third-order valence-electron chi connectivity index (χ3n) is 3.38. The maximum atomic E-state index is 12.9. The summed E-state index contributed by atoms with van der Waals surface area (Å²) in [7, 11) is 0. The number of rotatable bonds is 2. The van der Waals surface area contributed by atoms with E-state index in [1.807, 2.05) is 30.3 Å². The van der Waals surface area contributed by atoms with Crippen LogP contribution in [0.1, 0.15) is 5.56 Å². The topological polar surface area (TPSA) is 47.3 Å². The molecular formula is C17H10FN3OS. The fraction of sp³-hybridized carbons (Fsp3) is 0. The van der Waals surface area contributed by atoms with Crippen LogP contribution in [0.2, 0.25) is 0 Å². The quantitative estimate of drug-likeness (QED) is 0.569. The molecule has 2 aromatic heterocycles. The highest BCUT2D eigenvalue weighted by Gasteiger charge is 2.11. The van der Waals surface area contributed by atoms with E-state index < -0.39 is 0 Å². The van der Waals surface area contributed by atoms with E-state index in [1.54, 1.807) is 18.2 Å². The molecular weight excluding hydrogens is 313 g/mol. The van der Waals surface area contributed by atoms with E-state index in [2.05, 4.69) is 10.1 Å². The second-order valence-electron chi connectivity index (χ2n) is 4.96. The minimum Gasteiger partial charge on any atom is -0.266 e. The maximum Gasteiger partial charge on any atom is 0.291 e. The zero-order chi connectivity index (χ0) is 15.8. The number of aromatic nitrogens is 3. The summed E-state index contributed by atoms with van der Waals surface area (Å²) in [5, 5.41) is 4.28. The molecule has 112 valence electrons. The van der Waals surface area contributed by atoms with Crippen molar-refractivity contribution in [3.05, 3.63) is 80.9 Å². The molecule has 4 aromatic rings. The molecule has 0 aliphatic heterocycles. The van der Waals surface area contributed by atoms with E-state index in [0.29, 0.717) is 15.3 Å². The summed E-state index contributed by atoms with van der Waals surface area (Å²) >= 11 is 1.27. The van der Waals surface area contributed by atoms with E-state index in [9.17, 15) is 9.18 Å². The third kappa shape index (κ3) is 2.53. The van der Waals surface area contributed by atoms with Crippen molar-refractivity contribution in [2.45, 2.75) is 0 Å². The first-order valence-electron chi connectivity index (χ1n) is 6.93. The largest absolute Gasteiger partial charge is 0.291 e. The standard InChI is InChI=1S/C17H10FN3OS/c18-13-8-6-11(7-9-13)10-14-16(22)21-17(23-14)19-15(20-21)12-4-2-1-3-5-12/h1-10H/b14-10-. The fourth-order valence-corrected chi connectivity index (χ4v) is 3.16. The van der Waals surface area contributed by atoms with Crippen LogP contribution in [0.15, 0.2) is 59.4 Å². The Labute approximate surface area is 134 Å². The molecule has 4 nitrogen and oxygen atoms in total. The number of fused-ring (bicyclic) bond motifs is 1. The Balaban J connectivity index is 1.82. The summed E-state index contributed by atoms with van der Waals surface area (Å²) in [5.74, 6) is 0.224. The molecule has 0 atom stereocenters. The lowest BCUT2D eigenvalue weighted by Gasteiger charge is -1.91. The van der Waals surface area contributed by atoms with Crippen molar-refractivity contribution in [3.63, 3.8) is 0 Å². The van der Waals surface area contributed by atoms with Gasteiger partial charge in [0, 0.05) is 5.56 Å². The normalized spacial score (nSPS) is 12.1. The molecule has 4 rings (SSSR count). The van der Waals surface area contributed by atoms with Crippen LogP contribution in [-0.2, 0) is 0 Å². The van der Waals surface area contributed by atoms with E-state index in [1.165, 1.54) is 28.0 Å². The summed E-state index contributed by atoms with van der Waals surface area (Å²) in [6.07, 6.45) is 1.71. The van der Waals surface area contributed by atoms with Gasteiger partial charge in [-0.2, -0.15) is 9.50 Å². The Kier molecular flexibility index (Phi) is 3.24. The summed E-state index contributed by atoms with van der Waals surface area (Å²) in [5.41, 5.74) is 1.41. The lowest BCUT2D eigenvalue weighted by atomic mass is 10.2. The Hall–Kier alpha value is -2.86. The van der Waals surface area contributed by atoms with E-state index in [0.717, 1.165) is 11.1 Å². The first kappa shape index (κ1) is 13.8. The molecule has 0 radical (unpaired) electrons. The molecule has 0 aliphatic rings. The minimum atomic E-state index is -0.306. The van der Waals surface area contributed by atoms with Gasteiger partial charge in [0.15, 0.2) is 5.82 Å². The van der Waals surface area contributed by atoms with Crippen LogP contribution < -0.4 is 10.1 Å². The van der Waals surface area contributed by atoms with Crippen molar-refractivity contribution in [1.82, 2.24) is 14.6 Å². The average Bonchev–Trinajstić information content (AvgIpc) is 3.11. The molecule has 0 fully saturated rings. The van der Waals surface area contributed by atoms with Gasteiger partial charge in [-0.15, -0.1) is 5.10 Å². The van der Waals surface area contributed by atoms with Gasteiger partial charge in [-0.25, -0.2) is 4.39 Å². The van der Waals surface area contributed by atoms with Crippen LogP contribution in [0.25, 0.3) is 22.4 Å². The Morgan fingerprint density at radius 2 is 1.78 bits per heavy atom. The summed E-state index contributed by atoms with van der Waals surface area (Å²) in [4.78, 5) is 17.4. The number of hydrogen-bond acceptors (Lipinski definition) is 4. The molecule has 0 amide bonds. The minimum absolute atomic E-state index is 0.219. The number of thiazole rings is 1. The molecule has 2 aromatic carbocycles. The third-order valence-corrected chi connectivity index (χ3v) is 4.34. The fourth-order valence-electron chi connectivity index (χ4n) is 2.25. The van der Waals surface area contributed by atoms with Crippen molar-refractivity contribution < 1.29 is 4.39 Å². The molecule has 0 aliphatic carbocycles. The summed E-state index contributed by atoms with van der Waals surface area (Å²) < 4.78 is 14.8. The second kappa shape index (κ2) is 5.40. The number of nitrogens with zero attached hydrogens (tertiary/aromatic N) is 3. The van der Waals surface area contributed by atoms with Gasteiger partial charge >= 0.3 is 0 Å². The lowest BCUT2D eigenvalue weighted by molar-refractivity contribution is 0.628. The van der Waals surface area contributed by atoms with Gasteiger partial charge in [-0.3, -0.25) is 4.79 Å². The van der Waals surface area contributed by atoms with Crippen LogP contribution in [0.3, 0.4) is 0 Å². The highest BCUT2D eigenvalue weighted by molar-refractivity contribution is 7.15. The molecule has 0 saturated carbocycles. The Morgan fingerprint density at radius 1 is 1.04 bits per heavy atom. The van der Waals surface area contributed by atoms with Gasteiger partial charge < -0.3 is 0 Å². The Morgan fingerprint density at radius 3 is 2.48 bits per heavy atom. The van der Waals surface area contributed by atoms with Crippen molar-refractivity contribution in [2.24, 2.45) is 0 Å². The van der Waals surface area contributed by atoms with Gasteiger partial charge in [0.1, 0.15) is 5.82 Å². The van der Waals surface area contributed by atoms with Gasteiger partial charge in [0.05, 0.1) is 4.53 Å². The van der Waals surface area contributed by atoms with Crippen LogP contribution >= 0.6 is 11.3 Å². The van der Waals surface area contributed by atoms with Crippen LogP contribution in [-0.4, -0.2) is 14.6 Å². The average molecular weight is 323 g/mol. The van der Waals surface area contributed by atoms with Crippen LogP contribution in [0.4, 0.5) is 4.39 Å².